The van der Waals surface area contributed by atoms with E-state index in [2.05, 4.69) is 34.7 Å². The lowest BCUT2D eigenvalue weighted by atomic mass is 10.0. The summed E-state index contributed by atoms with van der Waals surface area (Å²) in [6.45, 7) is 4.52. The summed E-state index contributed by atoms with van der Waals surface area (Å²) in [6.07, 6.45) is 3.51. The number of hydrogen-bond acceptors (Lipinski definition) is 7. The molecule has 10 heteroatoms. The van der Waals surface area contributed by atoms with Crippen LogP contribution >= 0.6 is 0 Å². The van der Waals surface area contributed by atoms with E-state index in [0.29, 0.717) is 5.71 Å². The lowest BCUT2D eigenvalue weighted by Crippen LogP contribution is -2.59. The summed E-state index contributed by atoms with van der Waals surface area (Å²) >= 11 is 0. The van der Waals surface area contributed by atoms with Gasteiger partial charge in [0.2, 0.25) is 0 Å². The van der Waals surface area contributed by atoms with Crippen LogP contribution in [-0.2, 0) is 0 Å². The Bertz CT molecular complexity index is 1170. The van der Waals surface area contributed by atoms with Crippen molar-refractivity contribution in [1.82, 2.24) is 4.98 Å². The molecule has 4 rings (SSSR count). The monoisotopic (exact) mass is 419 g/mol. The van der Waals surface area contributed by atoms with E-state index in [4.69, 9.17) is 0 Å². The normalized spacial score (nSPS) is 15.2. The number of aromatic nitrogens is 1. The molecule has 1 aromatic heterocycles. The highest BCUT2D eigenvalue weighted by molar-refractivity contribution is 7.02. The number of nitrogens with zero attached hydrogens (tertiary/aromatic N) is 4. The molecule has 0 saturated carbocycles. The predicted octanol–water partition coefficient (Wildman–Crippen LogP) is 2.90. The molecule has 0 atom stereocenters. The minimum atomic E-state index is -1.96. The van der Waals surface area contributed by atoms with Crippen LogP contribution < -0.4 is 15.8 Å². The molecule has 9 nitrogen and oxygen atoms in total. The maximum atomic E-state index is 11.4. The van der Waals surface area contributed by atoms with Crippen LogP contribution in [0.1, 0.15) is 11.1 Å². The van der Waals surface area contributed by atoms with Gasteiger partial charge in [0.15, 0.2) is 0 Å². The number of nitro benzene ring substituents is 2. The zero-order valence-corrected chi connectivity index (χ0v) is 17.2. The van der Waals surface area contributed by atoms with Crippen molar-refractivity contribution in [2.24, 2.45) is 5.10 Å². The number of fused-ring (bicyclic) bond motifs is 2. The van der Waals surface area contributed by atoms with E-state index in [1.165, 1.54) is 22.5 Å². The van der Waals surface area contributed by atoms with Gasteiger partial charge in [-0.05, 0) is 22.5 Å². The molecule has 0 fully saturated rings. The molecule has 150 valence electrons. The summed E-state index contributed by atoms with van der Waals surface area (Å²) < 4.78 is 0. The number of non-ortho nitro benzene ring substituents is 1. The summed E-state index contributed by atoms with van der Waals surface area (Å²) in [5.41, 5.74) is 4.51. The molecule has 0 amide bonds. The predicted molar refractivity (Wildman–Crippen MR) is 116 cm³/mol. The first-order valence-corrected chi connectivity index (χ1v) is 12.1. The maximum absolute atomic E-state index is 11.4. The fourth-order valence-corrected chi connectivity index (χ4v) is 6.79. The van der Waals surface area contributed by atoms with Gasteiger partial charge in [-0.2, -0.15) is 5.10 Å². The first kappa shape index (κ1) is 19.4. The van der Waals surface area contributed by atoms with Gasteiger partial charge in [0.05, 0.1) is 21.6 Å². The van der Waals surface area contributed by atoms with E-state index in [1.54, 1.807) is 12.4 Å². The molecular formula is C20H17N5O4Si. The van der Waals surface area contributed by atoms with Gasteiger partial charge in [-0.1, -0.05) is 37.4 Å². The van der Waals surface area contributed by atoms with Gasteiger partial charge in [0.25, 0.3) is 5.69 Å². The summed E-state index contributed by atoms with van der Waals surface area (Å²) in [5.74, 6) is 0. The number of pyridine rings is 1. The fourth-order valence-electron chi connectivity index (χ4n) is 3.77. The van der Waals surface area contributed by atoms with Crippen molar-refractivity contribution in [2.45, 2.75) is 13.1 Å². The van der Waals surface area contributed by atoms with Crippen molar-refractivity contribution in [3.05, 3.63) is 92.3 Å². The van der Waals surface area contributed by atoms with Crippen molar-refractivity contribution < 1.29 is 9.85 Å². The standard InChI is InChI=1S/C20H17N5O4Si/c1-30(2)18-6-4-3-5-14(18)20(15-12-21-10-9-19(15)30)23-22-16-8-7-13(24(26)27)11-17(16)25(28)29/h3-12,22H,1-2H3. The van der Waals surface area contributed by atoms with Crippen molar-refractivity contribution in [2.75, 3.05) is 5.43 Å². The van der Waals surface area contributed by atoms with E-state index in [-0.39, 0.29) is 11.4 Å². The van der Waals surface area contributed by atoms with Gasteiger partial charge >= 0.3 is 5.69 Å². The van der Waals surface area contributed by atoms with Crippen LogP contribution in [0.2, 0.25) is 13.1 Å². The highest BCUT2D eigenvalue weighted by Gasteiger charge is 2.37. The van der Waals surface area contributed by atoms with Crippen molar-refractivity contribution in [1.29, 1.82) is 0 Å². The van der Waals surface area contributed by atoms with Gasteiger partial charge in [-0.3, -0.25) is 30.6 Å². The molecule has 0 saturated heterocycles. The second-order valence-electron chi connectivity index (χ2n) is 7.38. The highest BCUT2D eigenvalue weighted by Crippen LogP contribution is 2.29. The molecule has 0 spiro atoms. The van der Waals surface area contributed by atoms with Crippen molar-refractivity contribution in [3.8, 4) is 0 Å². The number of hydrogen-bond donors (Lipinski definition) is 1. The van der Waals surface area contributed by atoms with E-state index in [9.17, 15) is 20.2 Å². The molecule has 0 aliphatic carbocycles. The molecular weight excluding hydrogens is 402 g/mol. The van der Waals surface area contributed by atoms with Crippen LogP contribution in [0.5, 0.6) is 0 Å². The first-order chi connectivity index (χ1) is 14.3. The highest BCUT2D eigenvalue weighted by atomic mass is 28.3. The van der Waals surface area contributed by atoms with Crippen LogP contribution in [-0.4, -0.2) is 28.6 Å². The molecule has 0 unspecified atom stereocenters. The third kappa shape index (κ3) is 3.12. The SMILES string of the molecule is C[Si]1(C)c2ccccc2C(=NNc2ccc([N+](=O)[O-])cc2[N+](=O)[O-])c2cnccc21. The zero-order chi connectivity index (χ0) is 21.5. The number of nitrogens with one attached hydrogen (secondary N) is 1. The molecule has 1 aliphatic rings. The fraction of sp³-hybridized carbons (Fsp3) is 0.100. The molecule has 0 bridgehead atoms. The summed E-state index contributed by atoms with van der Waals surface area (Å²) in [7, 11) is -1.96. The maximum Gasteiger partial charge on any atom is 0.301 e. The summed E-state index contributed by atoms with van der Waals surface area (Å²) in [6, 6.07) is 13.4. The molecule has 2 heterocycles. The number of nitro groups is 2. The second-order valence-corrected chi connectivity index (χ2v) is 11.7. The van der Waals surface area contributed by atoms with Crippen LogP contribution in [0.4, 0.5) is 17.1 Å². The third-order valence-electron chi connectivity index (χ3n) is 5.28. The number of anilines is 1. The van der Waals surface area contributed by atoms with Crippen molar-refractivity contribution >= 4 is 41.2 Å². The number of rotatable bonds is 4. The summed E-state index contributed by atoms with van der Waals surface area (Å²) in [5, 5.41) is 29.3. The van der Waals surface area contributed by atoms with Crippen LogP contribution in [0.3, 0.4) is 0 Å². The third-order valence-corrected chi connectivity index (χ3v) is 8.85. The molecule has 1 aliphatic heterocycles. The average Bonchev–Trinajstić information content (AvgIpc) is 2.73. The van der Waals surface area contributed by atoms with Gasteiger partial charge in [0, 0.05) is 29.6 Å². The Morgan fingerprint density at radius 1 is 0.967 bits per heavy atom. The molecule has 30 heavy (non-hydrogen) atoms. The molecule has 0 radical (unpaired) electrons. The number of hydrazone groups is 1. The van der Waals surface area contributed by atoms with E-state index >= 15 is 0 Å². The van der Waals surface area contributed by atoms with E-state index < -0.39 is 23.6 Å². The van der Waals surface area contributed by atoms with Gasteiger partial charge in [-0.15, -0.1) is 0 Å². The Balaban J connectivity index is 1.85. The molecule has 1 N–H and O–H groups in total. The Hall–Kier alpha value is -3.92. The average molecular weight is 419 g/mol. The Kier molecular flexibility index (Phi) is 4.63. The summed E-state index contributed by atoms with van der Waals surface area (Å²) in [4.78, 5) is 25.3. The van der Waals surface area contributed by atoms with Gasteiger partial charge in [-0.25, -0.2) is 0 Å². The Morgan fingerprint density at radius 3 is 2.43 bits per heavy atom. The van der Waals surface area contributed by atoms with Crippen molar-refractivity contribution in [3.63, 3.8) is 0 Å². The van der Waals surface area contributed by atoms with Crippen LogP contribution in [0.25, 0.3) is 0 Å². The minimum absolute atomic E-state index is 0.0723. The quantitative estimate of drug-likeness (QED) is 0.394. The zero-order valence-electron chi connectivity index (χ0n) is 16.2. The molecule has 2 aromatic carbocycles. The van der Waals surface area contributed by atoms with Gasteiger partial charge in [0.1, 0.15) is 13.8 Å². The lowest BCUT2D eigenvalue weighted by molar-refractivity contribution is -0.393. The van der Waals surface area contributed by atoms with Crippen LogP contribution in [0, 0.1) is 20.2 Å². The lowest BCUT2D eigenvalue weighted by Gasteiger charge is -2.33. The first-order valence-electron chi connectivity index (χ1n) is 9.12. The smallest absolute Gasteiger partial charge is 0.271 e. The minimum Gasteiger partial charge on any atom is -0.271 e. The van der Waals surface area contributed by atoms with E-state index in [0.717, 1.165) is 17.2 Å². The second kappa shape index (κ2) is 7.15. The van der Waals surface area contributed by atoms with E-state index in [1.807, 2.05) is 24.3 Å². The Morgan fingerprint density at radius 2 is 1.70 bits per heavy atom. The number of benzene rings is 2. The molecule has 3 aromatic rings. The topological polar surface area (TPSA) is 124 Å². The Labute approximate surface area is 172 Å². The van der Waals surface area contributed by atoms with Gasteiger partial charge < -0.3 is 0 Å². The largest absolute Gasteiger partial charge is 0.301 e. The van der Waals surface area contributed by atoms with Crippen LogP contribution in [0.15, 0.2) is 66.0 Å².